The number of hydrogen-bond acceptors (Lipinski definition) is 5. The topological polar surface area (TPSA) is 79.5 Å². The Morgan fingerprint density at radius 3 is 2.80 bits per heavy atom. The van der Waals surface area contributed by atoms with Gasteiger partial charge in [0.15, 0.2) is 5.13 Å². The van der Waals surface area contributed by atoms with Gasteiger partial charge in [0, 0.05) is 37.5 Å². The second-order valence-corrected chi connectivity index (χ2v) is 7.39. The molecule has 1 aromatic heterocycles. The zero-order valence-electron chi connectivity index (χ0n) is 14.3. The molecule has 25 heavy (non-hydrogen) atoms. The second kappa shape index (κ2) is 9.71. The number of hydrogen-bond donors (Lipinski definition) is 1. The smallest absolute Gasteiger partial charge is 0.228 e. The molecule has 2 unspecified atom stereocenters. The first-order chi connectivity index (χ1) is 11.1. The van der Waals surface area contributed by atoms with Crippen molar-refractivity contribution in [3.63, 3.8) is 0 Å². The third-order valence-corrected chi connectivity index (χ3v) is 5.66. The van der Waals surface area contributed by atoms with Crippen LogP contribution in [0.1, 0.15) is 38.3 Å². The van der Waals surface area contributed by atoms with Crippen LogP contribution in [0.5, 0.6) is 0 Å². The van der Waals surface area contributed by atoms with Gasteiger partial charge in [-0.05, 0) is 25.2 Å². The summed E-state index contributed by atoms with van der Waals surface area (Å²) in [5.41, 5.74) is 6.59. The largest absolute Gasteiger partial charge is 0.338 e. The fraction of sp³-hybridized carbons (Fsp3) is 0.688. The van der Waals surface area contributed by atoms with Crippen LogP contribution >= 0.6 is 36.2 Å². The molecule has 3 heterocycles. The maximum absolute atomic E-state index is 12.6. The molecule has 2 aliphatic heterocycles. The molecule has 0 bridgehead atoms. The van der Waals surface area contributed by atoms with Crippen LogP contribution in [-0.4, -0.2) is 47.4 Å². The maximum atomic E-state index is 12.6. The molecule has 0 aromatic carbocycles. The van der Waals surface area contributed by atoms with Crippen molar-refractivity contribution in [2.75, 3.05) is 24.5 Å². The Kier molecular flexibility index (Phi) is 8.60. The number of anilines is 1. The molecule has 2 N–H and O–H groups in total. The lowest BCUT2D eigenvalue weighted by molar-refractivity contribution is -0.134. The highest BCUT2D eigenvalue weighted by atomic mass is 35.5. The van der Waals surface area contributed by atoms with E-state index in [9.17, 15) is 9.59 Å². The van der Waals surface area contributed by atoms with E-state index < -0.39 is 0 Å². The number of amides is 2. The average molecular weight is 409 g/mol. The Balaban J connectivity index is 0.00000156. The summed E-state index contributed by atoms with van der Waals surface area (Å²) in [6.45, 7) is 4.24. The molecule has 2 amide bonds. The third kappa shape index (κ3) is 5.06. The number of nitrogens with two attached hydrogens (primary N) is 1. The van der Waals surface area contributed by atoms with Crippen molar-refractivity contribution >= 4 is 53.1 Å². The number of rotatable bonds is 4. The van der Waals surface area contributed by atoms with E-state index in [1.807, 2.05) is 10.3 Å². The normalized spacial score (nSPS) is 23.2. The van der Waals surface area contributed by atoms with Crippen LogP contribution in [0.3, 0.4) is 0 Å². The Morgan fingerprint density at radius 2 is 2.16 bits per heavy atom. The van der Waals surface area contributed by atoms with E-state index in [1.165, 1.54) is 11.3 Å². The van der Waals surface area contributed by atoms with Gasteiger partial charge in [0.2, 0.25) is 11.8 Å². The summed E-state index contributed by atoms with van der Waals surface area (Å²) in [5, 5.41) is 2.61. The average Bonchev–Trinajstić information content (AvgIpc) is 3.15. The predicted octanol–water partition coefficient (Wildman–Crippen LogP) is 2.24. The van der Waals surface area contributed by atoms with Gasteiger partial charge in [-0.2, -0.15) is 0 Å². The first-order valence-electron chi connectivity index (χ1n) is 8.32. The van der Waals surface area contributed by atoms with E-state index in [0.717, 1.165) is 43.2 Å². The van der Waals surface area contributed by atoms with Gasteiger partial charge in [-0.25, -0.2) is 4.98 Å². The van der Waals surface area contributed by atoms with Crippen molar-refractivity contribution in [2.24, 2.45) is 11.7 Å². The molecule has 2 fully saturated rings. The molecule has 9 heteroatoms. The lowest BCUT2D eigenvalue weighted by atomic mass is 9.92. The molecule has 142 valence electrons. The molecule has 2 saturated heterocycles. The molecule has 3 rings (SSSR count). The number of nitrogens with zero attached hydrogens (tertiary/aromatic N) is 3. The van der Waals surface area contributed by atoms with E-state index in [-0.39, 0.29) is 42.7 Å². The van der Waals surface area contributed by atoms with Gasteiger partial charge in [0.1, 0.15) is 0 Å². The van der Waals surface area contributed by atoms with Crippen LogP contribution in [0.15, 0.2) is 5.38 Å². The van der Waals surface area contributed by atoms with Crippen LogP contribution < -0.4 is 10.6 Å². The van der Waals surface area contributed by atoms with Crippen molar-refractivity contribution in [1.82, 2.24) is 9.88 Å². The highest BCUT2D eigenvalue weighted by molar-refractivity contribution is 7.14. The minimum absolute atomic E-state index is 0. The summed E-state index contributed by atoms with van der Waals surface area (Å²) in [4.78, 5) is 32.5. The SMILES string of the molecule is CC1CCN(C(=O)Cc2csc(N3CCCC3=O)n2)C(CN)C1.Cl.Cl. The van der Waals surface area contributed by atoms with Crippen molar-refractivity contribution in [3.05, 3.63) is 11.1 Å². The van der Waals surface area contributed by atoms with Crippen LogP contribution in [0, 0.1) is 5.92 Å². The number of thiazole rings is 1. The fourth-order valence-corrected chi connectivity index (χ4v) is 4.28. The van der Waals surface area contributed by atoms with Crippen LogP contribution in [0.2, 0.25) is 0 Å². The van der Waals surface area contributed by atoms with Gasteiger partial charge in [-0.1, -0.05) is 6.92 Å². The minimum atomic E-state index is 0. The van der Waals surface area contributed by atoms with Gasteiger partial charge < -0.3 is 10.6 Å². The molecule has 2 aliphatic rings. The lowest BCUT2D eigenvalue weighted by Gasteiger charge is -2.38. The third-order valence-electron chi connectivity index (χ3n) is 4.75. The summed E-state index contributed by atoms with van der Waals surface area (Å²) >= 11 is 1.44. The lowest BCUT2D eigenvalue weighted by Crippen LogP contribution is -2.49. The van der Waals surface area contributed by atoms with Crippen LogP contribution in [-0.2, 0) is 16.0 Å². The molecule has 6 nitrogen and oxygen atoms in total. The summed E-state index contributed by atoms with van der Waals surface area (Å²) < 4.78 is 0. The number of piperidine rings is 1. The van der Waals surface area contributed by atoms with Gasteiger partial charge in [0.25, 0.3) is 0 Å². The minimum Gasteiger partial charge on any atom is -0.338 e. The van der Waals surface area contributed by atoms with E-state index in [1.54, 1.807) is 4.90 Å². The van der Waals surface area contributed by atoms with Gasteiger partial charge in [-0.15, -0.1) is 36.2 Å². The number of aromatic nitrogens is 1. The van der Waals surface area contributed by atoms with Gasteiger partial charge >= 0.3 is 0 Å². The number of carbonyl (C=O) groups excluding carboxylic acids is 2. The second-order valence-electron chi connectivity index (χ2n) is 6.55. The van der Waals surface area contributed by atoms with Crippen molar-refractivity contribution < 1.29 is 9.59 Å². The molecular formula is C16H26Cl2N4O2S. The van der Waals surface area contributed by atoms with E-state index in [0.29, 0.717) is 25.3 Å². The summed E-state index contributed by atoms with van der Waals surface area (Å²) in [6, 6.07) is 0.143. The first kappa shape index (κ1) is 22.2. The molecule has 1 aromatic rings. The van der Waals surface area contributed by atoms with Crippen molar-refractivity contribution in [1.29, 1.82) is 0 Å². The Hall–Kier alpha value is -0.890. The zero-order valence-corrected chi connectivity index (χ0v) is 16.8. The monoisotopic (exact) mass is 408 g/mol. The highest BCUT2D eigenvalue weighted by Gasteiger charge is 2.30. The number of halogens is 2. The molecule has 0 radical (unpaired) electrons. The molecule has 0 aliphatic carbocycles. The van der Waals surface area contributed by atoms with E-state index in [4.69, 9.17) is 5.73 Å². The number of carbonyl (C=O) groups is 2. The van der Waals surface area contributed by atoms with Gasteiger partial charge in [-0.3, -0.25) is 14.5 Å². The molecular weight excluding hydrogens is 383 g/mol. The van der Waals surface area contributed by atoms with Crippen LogP contribution in [0.25, 0.3) is 0 Å². The molecule has 2 atom stereocenters. The zero-order chi connectivity index (χ0) is 16.4. The summed E-state index contributed by atoms with van der Waals surface area (Å²) in [5.74, 6) is 0.849. The summed E-state index contributed by atoms with van der Waals surface area (Å²) in [7, 11) is 0. The Morgan fingerprint density at radius 1 is 1.40 bits per heavy atom. The Labute approximate surface area is 165 Å². The maximum Gasteiger partial charge on any atom is 0.228 e. The fourth-order valence-electron chi connectivity index (χ4n) is 3.41. The van der Waals surface area contributed by atoms with Gasteiger partial charge in [0.05, 0.1) is 12.1 Å². The summed E-state index contributed by atoms with van der Waals surface area (Å²) in [6.07, 6.45) is 3.79. The van der Waals surface area contributed by atoms with Crippen molar-refractivity contribution in [2.45, 2.75) is 45.1 Å². The highest BCUT2D eigenvalue weighted by Crippen LogP contribution is 2.27. The quantitative estimate of drug-likeness (QED) is 0.827. The number of likely N-dealkylation sites (tertiary alicyclic amines) is 1. The standard InChI is InChI=1S/C16H24N4O2S.2ClH/c1-11-4-6-19(13(7-11)9-17)15(22)8-12-10-23-16(18-12)20-5-2-3-14(20)21;;/h10-11,13H,2-9,17H2,1H3;2*1H. The first-order valence-corrected chi connectivity index (χ1v) is 9.20. The molecule has 0 saturated carbocycles. The predicted molar refractivity (Wildman–Crippen MR) is 105 cm³/mol. The van der Waals surface area contributed by atoms with E-state index >= 15 is 0 Å². The Bertz CT molecular complexity index is 598. The van der Waals surface area contributed by atoms with Crippen LogP contribution in [0.4, 0.5) is 5.13 Å². The molecule has 0 spiro atoms. The van der Waals surface area contributed by atoms with Crippen molar-refractivity contribution in [3.8, 4) is 0 Å². The van der Waals surface area contributed by atoms with E-state index in [2.05, 4.69) is 11.9 Å².